The molecule has 108 valence electrons. The molecule has 1 aromatic rings. The molecule has 0 spiro atoms. The number of hydrogen-bond donors (Lipinski definition) is 1. The summed E-state index contributed by atoms with van der Waals surface area (Å²) in [6.07, 6.45) is 5.99. The van der Waals surface area contributed by atoms with Gasteiger partial charge in [-0.3, -0.25) is 4.90 Å². The van der Waals surface area contributed by atoms with Crippen molar-refractivity contribution in [2.24, 2.45) is 11.7 Å². The van der Waals surface area contributed by atoms with E-state index in [-0.39, 0.29) is 12.4 Å². The Morgan fingerprint density at radius 3 is 2.68 bits per heavy atom. The van der Waals surface area contributed by atoms with Crippen molar-refractivity contribution in [2.75, 3.05) is 25.9 Å². The lowest BCUT2D eigenvalue weighted by Crippen LogP contribution is -2.35. The molecule has 1 saturated heterocycles. The van der Waals surface area contributed by atoms with E-state index >= 15 is 0 Å². The van der Waals surface area contributed by atoms with Gasteiger partial charge >= 0.3 is 0 Å². The van der Waals surface area contributed by atoms with E-state index in [0.717, 1.165) is 19.0 Å². The maximum absolute atomic E-state index is 5.67. The minimum absolute atomic E-state index is 0. The van der Waals surface area contributed by atoms with Gasteiger partial charge in [0.1, 0.15) is 0 Å². The summed E-state index contributed by atoms with van der Waals surface area (Å²) >= 11 is 1.80. The summed E-state index contributed by atoms with van der Waals surface area (Å²) < 4.78 is 0. The second-order valence-corrected chi connectivity index (χ2v) is 6.05. The van der Waals surface area contributed by atoms with Gasteiger partial charge in [0.05, 0.1) is 0 Å². The third-order valence-corrected chi connectivity index (χ3v) is 4.49. The van der Waals surface area contributed by atoms with Crippen LogP contribution in [0.15, 0.2) is 29.2 Å². The van der Waals surface area contributed by atoms with Gasteiger partial charge in [0.25, 0.3) is 0 Å². The summed E-state index contributed by atoms with van der Waals surface area (Å²) in [6, 6.07) is 8.97. The van der Waals surface area contributed by atoms with E-state index in [2.05, 4.69) is 35.4 Å². The van der Waals surface area contributed by atoms with Crippen LogP contribution in [0.25, 0.3) is 0 Å². The zero-order valence-corrected chi connectivity index (χ0v) is 13.3. The van der Waals surface area contributed by atoms with Crippen LogP contribution in [0.3, 0.4) is 0 Å². The average Bonchev–Trinajstić information content (AvgIpc) is 2.40. The predicted molar refractivity (Wildman–Crippen MR) is 87.1 cm³/mol. The number of nitrogens with two attached hydrogens (primary N) is 1. The fourth-order valence-corrected chi connectivity index (χ4v) is 3.16. The Bertz CT molecular complexity index is 354. The lowest BCUT2D eigenvalue weighted by molar-refractivity contribution is 0.163. The van der Waals surface area contributed by atoms with Crippen LogP contribution in [-0.4, -0.2) is 30.8 Å². The van der Waals surface area contributed by atoms with Crippen LogP contribution >= 0.6 is 24.2 Å². The molecule has 2 rings (SSSR count). The second kappa shape index (κ2) is 8.85. The quantitative estimate of drug-likeness (QED) is 0.845. The third kappa shape index (κ3) is 5.35. The van der Waals surface area contributed by atoms with Crippen molar-refractivity contribution < 1.29 is 0 Å². The molecular formula is C15H25ClN2S. The Morgan fingerprint density at radius 1 is 1.32 bits per heavy atom. The fraction of sp³-hybridized carbons (Fsp3) is 0.600. The molecule has 0 aromatic heterocycles. The predicted octanol–water partition coefficient (Wildman–Crippen LogP) is 3.39. The number of likely N-dealkylation sites (tertiary alicyclic amines) is 1. The van der Waals surface area contributed by atoms with Crippen LogP contribution in [0.5, 0.6) is 0 Å². The summed E-state index contributed by atoms with van der Waals surface area (Å²) in [6.45, 7) is 4.39. The summed E-state index contributed by atoms with van der Waals surface area (Å²) in [5.41, 5.74) is 7.10. The van der Waals surface area contributed by atoms with E-state index in [1.165, 1.54) is 42.8 Å². The van der Waals surface area contributed by atoms with Crippen molar-refractivity contribution in [3.8, 4) is 0 Å². The fourth-order valence-electron chi connectivity index (χ4n) is 2.76. The number of rotatable bonds is 5. The Balaban J connectivity index is 0.00000180. The molecule has 1 heterocycles. The van der Waals surface area contributed by atoms with E-state index in [1.807, 2.05) is 0 Å². The lowest BCUT2D eigenvalue weighted by atomic mass is 9.94. The molecule has 1 aromatic carbocycles. The second-order valence-electron chi connectivity index (χ2n) is 5.17. The standard InChI is InChI=1S/C15H24N2S.ClH/c1-18-15-6-4-14(5-7-15)12-17-10-2-3-13(11-17)8-9-16;/h4-7,13H,2-3,8-12,16H2,1H3;1H. The van der Waals surface area contributed by atoms with Crippen molar-refractivity contribution in [2.45, 2.75) is 30.7 Å². The highest BCUT2D eigenvalue weighted by Crippen LogP contribution is 2.21. The van der Waals surface area contributed by atoms with E-state index in [9.17, 15) is 0 Å². The average molecular weight is 301 g/mol. The Morgan fingerprint density at radius 2 is 2.05 bits per heavy atom. The molecule has 1 fully saturated rings. The van der Waals surface area contributed by atoms with Crippen LogP contribution in [0.1, 0.15) is 24.8 Å². The topological polar surface area (TPSA) is 29.3 Å². The zero-order valence-electron chi connectivity index (χ0n) is 11.7. The molecule has 0 amide bonds. The highest BCUT2D eigenvalue weighted by Gasteiger charge is 2.19. The van der Waals surface area contributed by atoms with Crippen molar-refractivity contribution >= 4 is 24.2 Å². The molecule has 19 heavy (non-hydrogen) atoms. The minimum atomic E-state index is 0. The first-order valence-corrected chi connectivity index (χ1v) is 8.09. The molecular weight excluding hydrogens is 276 g/mol. The van der Waals surface area contributed by atoms with Gasteiger partial charge in [0.2, 0.25) is 0 Å². The summed E-state index contributed by atoms with van der Waals surface area (Å²) in [5.74, 6) is 0.814. The molecule has 1 atom stereocenters. The number of nitrogens with zero attached hydrogens (tertiary/aromatic N) is 1. The minimum Gasteiger partial charge on any atom is -0.330 e. The first-order valence-electron chi connectivity index (χ1n) is 6.87. The normalized spacial score (nSPS) is 20.0. The van der Waals surface area contributed by atoms with Gasteiger partial charge in [-0.05, 0) is 62.2 Å². The highest BCUT2D eigenvalue weighted by atomic mass is 35.5. The van der Waals surface area contributed by atoms with E-state index in [4.69, 9.17) is 5.73 Å². The van der Waals surface area contributed by atoms with Crippen molar-refractivity contribution in [3.63, 3.8) is 0 Å². The Labute approximate surface area is 127 Å². The summed E-state index contributed by atoms with van der Waals surface area (Å²) in [7, 11) is 0. The van der Waals surface area contributed by atoms with Gasteiger partial charge in [-0.2, -0.15) is 0 Å². The van der Waals surface area contributed by atoms with Crippen molar-refractivity contribution in [3.05, 3.63) is 29.8 Å². The van der Waals surface area contributed by atoms with Gasteiger partial charge in [-0.15, -0.1) is 24.2 Å². The molecule has 4 heteroatoms. The molecule has 1 aliphatic heterocycles. The van der Waals surface area contributed by atoms with Crippen LogP contribution in [0.2, 0.25) is 0 Å². The largest absolute Gasteiger partial charge is 0.330 e. The van der Waals surface area contributed by atoms with E-state index in [0.29, 0.717) is 0 Å². The van der Waals surface area contributed by atoms with E-state index in [1.54, 1.807) is 11.8 Å². The first-order chi connectivity index (χ1) is 8.81. The number of benzene rings is 1. The molecule has 0 saturated carbocycles. The van der Waals surface area contributed by atoms with Gasteiger partial charge in [0, 0.05) is 18.0 Å². The van der Waals surface area contributed by atoms with Crippen LogP contribution in [0, 0.1) is 5.92 Å². The zero-order chi connectivity index (χ0) is 12.8. The molecule has 0 radical (unpaired) electrons. The van der Waals surface area contributed by atoms with Gasteiger partial charge in [-0.1, -0.05) is 12.1 Å². The SMILES string of the molecule is CSc1ccc(CN2CCCC(CCN)C2)cc1.Cl. The number of hydrogen-bond acceptors (Lipinski definition) is 3. The molecule has 2 N–H and O–H groups in total. The Kier molecular flexibility index (Phi) is 7.84. The van der Waals surface area contributed by atoms with Crippen LogP contribution < -0.4 is 5.73 Å². The van der Waals surface area contributed by atoms with Crippen molar-refractivity contribution in [1.29, 1.82) is 0 Å². The first kappa shape index (κ1) is 16.8. The highest BCUT2D eigenvalue weighted by molar-refractivity contribution is 7.98. The molecule has 0 aliphatic carbocycles. The maximum atomic E-state index is 5.67. The Hall–Kier alpha value is -0.220. The van der Waals surface area contributed by atoms with E-state index < -0.39 is 0 Å². The van der Waals surface area contributed by atoms with Crippen molar-refractivity contribution in [1.82, 2.24) is 4.90 Å². The van der Waals surface area contributed by atoms with Gasteiger partial charge in [0.15, 0.2) is 0 Å². The smallest absolute Gasteiger partial charge is 0.0233 e. The molecule has 1 unspecified atom stereocenters. The van der Waals surface area contributed by atoms with Crippen LogP contribution in [0.4, 0.5) is 0 Å². The van der Waals surface area contributed by atoms with Gasteiger partial charge < -0.3 is 5.73 Å². The molecule has 1 aliphatic rings. The number of piperidine rings is 1. The third-order valence-electron chi connectivity index (χ3n) is 3.74. The molecule has 2 nitrogen and oxygen atoms in total. The van der Waals surface area contributed by atoms with Crippen LogP contribution in [-0.2, 0) is 6.54 Å². The number of halogens is 1. The lowest BCUT2D eigenvalue weighted by Gasteiger charge is -2.32. The van der Waals surface area contributed by atoms with Gasteiger partial charge in [-0.25, -0.2) is 0 Å². The maximum Gasteiger partial charge on any atom is 0.0233 e. The molecule has 0 bridgehead atoms. The summed E-state index contributed by atoms with van der Waals surface area (Å²) in [4.78, 5) is 3.93. The monoisotopic (exact) mass is 300 g/mol. The number of thioether (sulfide) groups is 1. The summed E-state index contributed by atoms with van der Waals surface area (Å²) in [5, 5.41) is 0.